The van der Waals surface area contributed by atoms with E-state index in [9.17, 15) is 4.79 Å². The Hall–Kier alpha value is -0.880. The Bertz CT molecular complexity index is 494. The molecule has 2 heterocycles. The third kappa shape index (κ3) is 3.61. The zero-order valence-corrected chi connectivity index (χ0v) is 13.8. The Morgan fingerprint density at radius 2 is 2.10 bits per heavy atom. The van der Waals surface area contributed by atoms with E-state index in [1.165, 1.54) is 17.6 Å². The van der Waals surface area contributed by atoms with E-state index in [0.29, 0.717) is 17.1 Å². The molecule has 0 amide bonds. The molecule has 1 N–H and O–H groups in total. The molecule has 1 fully saturated rings. The summed E-state index contributed by atoms with van der Waals surface area (Å²) in [5.41, 5.74) is 0.745. The van der Waals surface area contributed by atoms with Crippen LogP contribution in [0.3, 0.4) is 0 Å². The molecule has 20 heavy (non-hydrogen) atoms. The van der Waals surface area contributed by atoms with Crippen molar-refractivity contribution in [2.24, 2.45) is 0 Å². The van der Waals surface area contributed by atoms with Crippen LogP contribution in [0.4, 0.5) is 5.69 Å². The largest absolute Gasteiger partial charge is 0.380 e. The Kier molecular flexibility index (Phi) is 5.60. The number of aromatic nitrogens is 2. The van der Waals surface area contributed by atoms with Crippen LogP contribution in [0, 0.1) is 0 Å². The van der Waals surface area contributed by atoms with Gasteiger partial charge in [0, 0.05) is 25.7 Å². The Labute approximate surface area is 128 Å². The van der Waals surface area contributed by atoms with Crippen molar-refractivity contribution in [2.45, 2.75) is 45.7 Å². The van der Waals surface area contributed by atoms with Gasteiger partial charge in [-0.15, -0.1) is 0 Å². The van der Waals surface area contributed by atoms with E-state index >= 15 is 0 Å². The normalized spacial score (nSPS) is 17.4. The van der Waals surface area contributed by atoms with Crippen molar-refractivity contribution in [3.63, 3.8) is 0 Å². The Morgan fingerprint density at radius 1 is 1.40 bits per heavy atom. The zero-order valence-electron chi connectivity index (χ0n) is 12.2. The summed E-state index contributed by atoms with van der Waals surface area (Å²) in [6.07, 6.45) is 5.18. The molecule has 0 aliphatic carbocycles. The molecule has 0 radical (unpaired) electrons. The lowest BCUT2D eigenvalue weighted by Crippen LogP contribution is -2.39. The van der Waals surface area contributed by atoms with E-state index in [0.717, 1.165) is 31.6 Å². The van der Waals surface area contributed by atoms with Gasteiger partial charge < -0.3 is 10.2 Å². The molecule has 1 aromatic rings. The molecule has 6 heteroatoms. The summed E-state index contributed by atoms with van der Waals surface area (Å²) in [4.78, 5) is 14.5. The molecule has 0 bridgehead atoms. The second kappa shape index (κ2) is 7.22. The molecule has 0 atom stereocenters. The molecule has 1 saturated heterocycles. The lowest BCUT2D eigenvalue weighted by Gasteiger charge is -2.32. The van der Waals surface area contributed by atoms with Gasteiger partial charge in [0.05, 0.1) is 11.9 Å². The van der Waals surface area contributed by atoms with E-state index in [-0.39, 0.29) is 5.56 Å². The van der Waals surface area contributed by atoms with E-state index in [4.69, 9.17) is 0 Å². The third-order valence-corrected chi connectivity index (χ3v) is 4.54. The molecule has 1 aromatic heterocycles. The number of likely N-dealkylation sites (tertiary alicyclic amines) is 1. The number of halogens is 1. The Balaban J connectivity index is 1.98. The van der Waals surface area contributed by atoms with Crippen LogP contribution in [0.2, 0.25) is 0 Å². The maximum Gasteiger partial charge on any atom is 0.283 e. The summed E-state index contributed by atoms with van der Waals surface area (Å²) in [7, 11) is 0. The number of anilines is 1. The van der Waals surface area contributed by atoms with Crippen molar-refractivity contribution in [3.8, 4) is 0 Å². The van der Waals surface area contributed by atoms with Crippen LogP contribution in [0.1, 0.15) is 33.1 Å². The van der Waals surface area contributed by atoms with Gasteiger partial charge in [0.15, 0.2) is 0 Å². The van der Waals surface area contributed by atoms with Crippen LogP contribution >= 0.6 is 15.9 Å². The van der Waals surface area contributed by atoms with E-state index in [1.807, 2.05) is 6.92 Å². The average molecular weight is 343 g/mol. The molecule has 1 aliphatic rings. The molecule has 112 valence electrons. The fourth-order valence-corrected chi connectivity index (χ4v) is 3.05. The molecular formula is C14H23BrN4O. The summed E-state index contributed by atoms with van der Waals surface area (Å²) in [6, 6.07) is 0.429. The highest BCUT2D eigenvalue weighted by atomic mass is 79.9. The van der Waals surface area contributed by atoms with Gasteiger partial charge in [0.1, 0.15) is 4.47 Å². The van der Waals surface area contributed by atoms with Gasteiger partial charge in [0.2, 0.25) is 0 Å². The Morgan fingerprint density at radius 3 is 2.70 bits per heavy atom. The summed E-state index contributed by atoms with van der Waals surface area (Å²) in [5.74, 6) is 0. The maximum atomic E-state index is 12.0. The number of hydrogen-bond donors (Lipinski definition) is 1. The lowest BCUT2D eigenvalue weighted by atomic mass is 10.0. The van der Waals surface area contributed by atoms with Gasteiger partial charge in [-0.1, -0.05) is 6.92 Å². The highest BCUT2D eigenvalue weighted by Gasteiger charge is 2.19. The predicted octanol–water partition coefficient (Wildman–Crippen LogP) is 2.31. The molecule has 2 rings (SSSR count). The molecule has 0 saturated carbocycles. The molecule has 0 spiro atoms. The molecule has 1 aliphatic heterocycles. The van der Waals surface area contributed by atoms with Crippen LogP contribution in [0.15, 0.2) is 15.5 Å². The minimum atomic E-state index is -0.0686. The van der Waals surface area contributed by atoms with Crippen LogP contribution < -0.4 is 10.9 Å². The van der Waals surface area contributed by atoms with Crippen LogP contribution in [0.5, 0.6) is 0 Å². The molecule has 0 aromatic carbocycles. The van der Waals surface area contributed by atoms with Gasteiger partial charge in [0.25, 0.3) is 5.56 Å². The maximum absolute atomic E-state index is 12.0. The first kappa shape index (κ1) is 15.5. The first-order chi connectivity index (χ1) is 9.65. The predicted molar refractivity (Wildman–Crippen MR) is 85.2 cm³/mol. The van der Waals surface area contributed by atoms with Gasteiger partial charge >= 0.3 is 0 Å². The first-order valence-electron chi connectivity index (χ1n) is 7.40. The number of rotatable bonds is 5. The number of piperidine rings is 1. The lowest BCUT2D eigenvalue weighted by molar-refractivity contribution is 0.219. The quantitative estimate of drug-likeness (QED) is 0.891. The number of hydrogen-bond acceptors (Lipinski definition) is 4. The topological polar surface area (TPSA) is 50.2 Å². The fourth-order valence-electron chi connectivity index (χ4n) is 2.63. The van der Waals surface area contributed by atoms with Crippen molar-refractivity contribution in [2.75, 3.05) is 25.0 Å². The fraction of sp³-hybridized carbons (Fsp3) is 0.714. The van der Waals surface area contributed by atoms with Crippen molar-refractivity contribution in [3.05, 3.63) is 21.0 Å². The minimum Gasteiger partial charge on any atom is -0.380 e. The number of nitrogens with one attached hydrogen (secondary N) is 1. The van der Waals surface area contributed by atoms with Crippen LogP contribution in [-0.2, 0) is 6.54 Å². The van der Waals surface area contributed by atoms with Gasteiger partial charge in [-0.25, -0.2) is 4.68 Å². The summed E-state index contributed by atoms with van der Waals surface area (Å²) < 4.78 is 2.05. The first-order valence-corrected chi connectivity index (χ1v) is 8.19. The number of nitrogens with zero attached hydrogens (tertiary/aromatic N) is 3. The standard InChI is InChI=1S/C14H23BrN4O/c1-3-7-18-8-5-11(6-9-18)17-12-10-16-19(4-2)14(20)13(12)15/h10-11,17H,3-9H2,1-2H3. The number of aryl methyl sites for hydroxylation is 1. The van der Waals surface area contributed by atoms with Crippen molar-refractivity contribution >= 4 is 21.6 Å². The second-order valence-electron chi connectivity index (χ2n) is 5.25. The smallest absolute Gasteiger partial charge is 0.283 e. The summed E-state index contributed by atoms with van der Waals surface area (Å²) in [6.45, 7) is 8.16. The summed E-state index contributed by atoms with van der Waals surface area (Å²) >= 11 is 3.39. The molecule has 5 nitrogen and oxygen atoms in total. The van der Waals surface area contributed by atoms with Crippen LogP contribution in [-0.4, -0.2) is 40.4 Å². The van der Waals surface area contributed by atoms with Crippen LogP contribution in [0.25, 0.3) is 0 Å². The van der Waals surface area contributed by atoms with Gasteiger partial charge in [-0.05, 0) is 48.7 Å². The zero-order chi connectivity index (χ0) is 14.5. The minimum absolute atomic E-state index is 0.0686. The highest BCUT2D eigenvalue weighted by molar-refractivity contribution is 9.10. The third-order valence-electron chi connectivity index (χ3n) is 3.77. The second-order valence-corrected chi connectivity index (χ2v) is 6.05. The van der Waals surface area contributed by atoms with Gasteiger partial charge in [-0.3, -0.25) is 4.79 Å². The van der Waals surface area contributed by atoms with Gasteiger partial charge in [-0.2, -0.15) is 5.10 Å². The van der Waals surface area contributed by atoms with E-state index in [2.05, 4.69) is 38.2 Å². The summed E-state index contributed by atoms with van der Waals surface area (Å²) in [5, 5.41) is 7.62. The molecular weight excluding hydrogens is 320 g/mol. The van der Waals surface area contributed by atoms with Crippen molar-refractivity contribution < 1.29 is 0 Å². The average Bonchev–Trinajstić information content (AvgIpc) is 2.46. The van der Waals surface area contributed by atoms with Crippen molar-refractivity contribution in [1.82, 2.24) is 14.7 Å². The molecule has 0 unspecified atom stereocenters. The monoisotopic (exact) mass is 342 g/mol. The highest BCUT2D eigenvalue weighted by Crippen LogP contribution is 2.21. The van der Waals surface area contributed by atoms with E-state index in [1.54, 1.807) is 6.20 Å². The van der Waals surface area contributed by atoms with E-state index < -0.39 is 0 Å². The van der Waals surface area contributed by atoms with Crippen molar-refractivity contribution in [1.29, 1.82) is 0 Å². The SMILES string of the molecule is CCCN1CCC(Nc2cnn(CC)c(=O)c2Br)CC1.